The summed E-state index contributed by atoms with van der Waals surface area (Å²) in [7, 11) is -3.42. The van der Waals surface area contributed by atoms with Crippen molar-refractivity contribution in [3.63, 3.8) is 0 Å². The lowest BCUT2D eigenvalue weighted by Gasteiger charge is -2.21. The van der Waals surface area contributed by atoms with Crippen LogP contribution >= 0.6 is 0 Å². The smallest absolute Gasteiger partial charge is 0.243 e. The van der Waals surface area contributed by atoms with Crippen LogP contribution in [0.1, 0.15) is 19.3 Å². The molecular weight excluding hydrogens is 290 g/mol. The van der Waals surface area contributed by atoms with Gasteiger partial charge in [0, 0.05) is 19.2 Å². The second-order valence-electron chi connectivity index (χ2n) is 6.08. The number of hydrogen-bond donors (Lipinski definition) is 0. The van der Waals surface area contributed by atoms with Crippen molar-refractivity contribution in [2.75, 3.05) is 26.3 Å². The van der Waals surface area contributed by atoms with Gasteiger partial charge in [0.05, 0.1) is 4.90 Å². The van der Waals surface area contributed by atoms with Crippen molar-refractivity contribution in [2.45, 2.75) is 24.2 Å². The summed E-state index contributed by atoms with van der Waals surface area (Å²) in [5.74, 6) is 2.26. The van der Waals surface area contributed by atoms with Crippen molar-refractivity contribution in [3.8, 4) is 11.5 Å². The SMILES string of the molecule is O=S(=O)(c1ccc2c(c1)OCCO2)N1CC2CCCC2C1. The van der Waals surface area contributed by atoms with Crippen molar-refractivity contribution >= 4 is 10.0 Å². The molecule has 2 unspecified atom stereocenters. The van der Waals surface area contributed by atoms with E-state index in [9.17, 15) is 8.42 Å². The molecule has 2 heterocycles. The van der Waals surface area contributed by atoms with Crippen LogP contribution in [-0.4, -0.2) is 39.0 Å². The van der Waals surface area contributed by atoms with E-state index in [4.69, 9.17) is 9.47 Å². The van der Waals surface area contributed by atoms with Crippen LogP contribution in [-0.2, 0) is 10.0 Å². The van der Waals surface area contributed by atoms with E-state index in [1.54, 1.807) is 22.5 Å². The van der Waals surface area contributed by atoms with Gasteiger partial charge in [0.2, 0.25) is 10.0 Å². The molecule has 3 aliphatic rings. The third-order valence-electron chi connectivity index (χ3n) is 4.84. The molecule has 0 amide bonds. The summed E-state index contributed by atoms with van der Waals surface area (Å²) >= 11 is 0. The Hall–Kier alpha value is -1.27. The standard InChI is InChI=1S/C15H19NO4S/c17-21(18,16-9-11-2-1-3-12(11)10-16)13-4-5-14-15(8-13)20-7-6-19-14/h4-5,8,11-12H,1-3,6-7,9-10H2. The maximum absolute atomic E-state index is 12.8. The molecule has 6 heteroatoms. The average Bonchev–Trinajstić information content (AvgIpc) is 3.08. The molecule has 1 aromatic carbocycles. The van der Waals surface area contributed by atoms with Crippen LogP contribution in [0.25, 0.3) is 0 Å². The van der Waals surface area contributed by atoms with Gasteiger partial charge in [-0.15, -0.1) is 0 Å². The Bertz CT molecular complexity index is 646. The van der Waals surface area contributed by atoms with Crippen molar-refractivity contribution in [2.24, 2.45) is 11.8 Å². The van der Waals surface area contributed by atoms with E-state index >= 15 is 0 Å². The van der Waals surface area contributed by atoms with E-state index in [1.165, 1.54) is 6.42 Å². The first-order valence-electron chi connectivity index (χ1n) is 7.54. The van der Waals surface area contributed by atoms with Gasteiger partial charge in [-0.3, -0.25) is 0 Å². The van der Waals surface area contributed by atoms with E-state index < -0.39 is 10.0 Å². The zero-order valence-electron chi connectivity index (χ0n) is 11.8. The first-order chi connectivity index (χ1) is 10.1. The predicted octanol–water partition coefficient (Wildman–Crippen LogP) is 1.88. The van der Waals surface area contributed by atoms with Crippen molar-refractivity contribution in [1.29, 1.82) is 0 Å². The maximum Gasteiger partial charge on any atom is 0.243 e. The first kappa shape index (κ1) is 13.4. The second-order valence-corrected chi connectivity index (χ2v) is 8.02. The monoisotopic (exact) mass is 309 g/mol. The van der Waals surface area contributed by atoms with Gasteiger partial charge in [0.1, 0.15) is 13.2 Å². The summed E-state index contributed by atoms with van der Waals surface area (Å²) in [6.07, 6.45) is 3.57. The molecule has 1 saturated heterocycles. The molecular formula is C15H19NO4S. The highest BCUT2D eigenvalue weighted by Crippen LogP contribution is 2.40. The largest absolute Gasteiger partial charge is 0.486 e. The number of sulfonamides is 1. The summed E-state index contributed by atoms with van der Waals surface area (Å²) in [5.41, 5.74) is 0. The molecule has 0 N–H and O–H groups in total. The third kappa shape index (κ3) is 2.21. The molecule has 0 spiro atoms. The molecule has 1 aromatic rings. The van der Waals surface area contributed by atoms with E-state index in [0.717, 1.165) is 12.8 Å². The summed E-state index contributed by atoms with van der Waals surface area (Å²) in [4.78, 5) is 0.312. The molecule has 21 heavy (non-hydrogen) atoms. The average molecular weight is 309 g/mol. The molecule has 2 aliphatic heterocycles. The summed E-state index contributed by atoms with van der Waals surface area (Å²) < 4.78 is 38.1. The molecule has 1 aliphatic carbocycles. The number of rotatable bonds is 2. The summed E-state index contributed by atoms with van der Waals surface area (Å²) in [6, 6.07) is 4.91. The first-order valence-corrected chi connectivity index (χ1v) is 8.98. The minimum atomic E-state index is -3.42. The van der Waals surface area contributed by atoms with E-state index in [-0.39, 0.29) is 0 Å². The fourth-order valence-electron chi connectivity index (χ4n) is 3.72. The van der Waals surface area contributed by atoms with Gasteiger partial charge in [-0.2, -0.15) is 4.31 Å². The Morgan fingerprint density at radius 1 is 1.00 bits per heavy atom. The van der Waals surface area contributed by atoms with Gasteiger partial charge in [-0.1, -0.05) is 6.42 Å². The second kappa shape index (κ2) is 4.88. The lowest BCUT2D eigenvalue weighted by atomic mass is 10.0. The highest BCUT2D eigenvalue weighted by molar-refractivity contribution is 7.89. The Morgan fingerprint density at radius 3 is 2.38 bits per heavy atom. The zero-order chi connectivity index (χ0) is 14.4. The number of nitrogens with zero attached hydrogens (tertiary/aromatic N) is 1. The van der Waals surface area contributed by atoms with Crippen LogP contribution in [0.3, 0.4) is 0 Å². The lowest BCUT2D eigenvalue weighted by molar-refractivity contribution is 0.171. The Morgan fingerprint density at radius 2 is 1.67 bits per heavy atom. The summed E-state index contributed by atoms with van der Waals surface area (Å²) in [6.45, 7) is 2.31. The fourth-order valence-corrected chi connectivity index (χ4v) is 5.29. The molecule has 4 rings (SSSR count). The number of hydrogen-bond acceptors (Lipinski definition) is 4. The van der Waals surface area contributed by atoms with E-state index in [1.807, 2.05) is 0 Å². The molecule has 5 nitrogen and oxygen atoms in total. The van der Waals surface area contributed by atoms with Crippen LogP contribution < -0.4 is 9.47 Å². The molecule has 1 saturated carbocycles. The number of ether oxygens (including phenoxy) is 2. The molecule has 114 valence electrons. The molecule has 0 aromatic heterocycles. The minimum Gasteiger partial charge on any atom is -0.486 e. The van der Waals surface area contributed by atoms with Gasteiger partial charge in [0.25, 0.3) is 0 Å². The number of benzene rings is 1. The van der Waals surface area contributed by atoms with E-state index in [2.05, 4.69) is 0 Å². The van der Waals surface area contributed by atoms with Crippen LogP contribution in [0.15, 0.2) is 23.1 Å². The third-order valence-corrected chi connectivity index (χ3v) is 6.67. The fraction of sp³-hybridized carbons (Fsp3) is 0.600. The van der Waals surface area contributed by atoms with Gasteiger partial charge in [0.15, 0.2) is 11.5 Å². The van der Waals surface area contributed by atoms with Crippen LogP contribution in [0.4, 0.5) is 0 Å². The lowest BCUT2D eigenvalue weighted by Crippen LogP contribution is -2.29. The predicted molar refractivity (Wildman–Crippen MR) is 77.0 cm³/mol. The maximum atomic E-state index is 12.8. The van der Waals surface area contributed by atoms with Crippen LogP contribution in [0.2, 0.25) is 0 Å². The van der Waals surface area contributed by atoms with Crippen LogP contribution in [0.5, 0.6) is 11.5 Å². The van der Waals surface area contributed by atoms with Crippen molar-refractivity contribution in [3.05, 3.63) is 18.2 Å². The topological polar surface area (TPSA) is 55.8 Å². The highest BCUT2D eigenvalue weighted by atomic mass is 32.2. The van der Waals surface area contributed by atoms with Gasteiger partial charge < -0.3 is 9.47 Å². The van der Waals surface area contributed by atoms with Gasteiger partial charge in [-0.05, 0) is 36.8 Å². The molecule has 0 radical (unpaired) electrons. The van der Waals surface area contributed by atoms with E-state index in [0.29, 0.717) is 54.5 Å². The molecule has 2 atom stereocenters. The van der Waals surface area contributed by atoms with Gasteiger partial charge in [-0.25, -0.2) is 8.42 Å². The normalized spacial score (nSPS) is 28.6. The summed E-state index contributed by atoms with van der Waals surface area (Å²) in [5, 5.41) is 0. The molecule has 0 bridgehead atoms. The van der Waals surface area contributed by atoms with Crippen molar-refractivity contribution < 1.29 is 17.9 Å². The zero-order valence-corrected chi connectivity index (χ0v) is 12.6. The Kier molecular flexibility index (Phi) is 3.11. The minimum absolute atomic E-state index is 0.312. The van der Waals surface area contributed by atoms with Crippen LogP contribution in [0, 0.1) is 11.8 Å². The quantitative estimate of drug-likeness (QED) is 0.837. The van der Waals surface area contributed by atoms with Crippen molar-refractivity contribution in [1.82, 2.24) is 4.31 Å². The highest BCUT2D eigenvalue weighted by Gasteiger charge is 2.41. The van der Waals surface area contributed by atoms with Gasteiger partial charge >= 0.3 is 0 Å². The molecule has 2 fully saturated rings. The Balaban J connectivity index is 1.63. The Labute approximate surface area is 124 Å². The number of fused-ring (bicyclic) bond motifs is 2.